The van der Waals surface area contributed by atoms with E-state index in [2.05, 4.69) is 24.5 Å². The largest absolute Gasteiger partial charge is 0.382 e. The number of rotatable bonds is 7. The van der Waals surface area contributed by atoms with Crippen LogP contribution in [0.5, 0.6) is 0 Å². The molecule has 0 aliphatic carbocycles. The van der Waals surface area contributed by atoms with Gasteiger partial charge in [0, 0.05) is 36.7 Å². The molecule has 0 unspecified atom stereocenters. The standard InChI is InChI=1S/C19H26N2O2/c1-5-23-12-8-11-21-14(3)17(18(15(21)4)19(20)22)16-10-7-6-9-13(16)2/h6-7,9-10H,5,8,11-12H2,1-4H3,(H2,20,22). The van der Waals surface area contributed by atoms with Crippen molar-refractivity contribution in [1.29, 1.82) is 0 Å². The van der Waals surface area contributed by atoms with Crippen molar-refractivity contribution < 1.29 is 9.53 Å². The van der Waals surface area contributed by atoms with E-state index in [1.807, 2.05) is 32.0 Å². The van der Waals surface area contributed by atoms with Crippen LogP contribution in [0, 0.1) is 20.8 Å². The van der Waals surface area contributed by atoms with Gasteiger partial charge in [0.2, 0.25) is 0 Å². The van der Waals surface area contributed by atoms with Crippen LogP contribution in [0.4, 0.5) is 0 Å². The molecule has 2 rings (SSSR count). The van der Waals surface area contributed by atoms with E-state index in [1.54, 1.807) is 0 Å². The highest BCUT2D eigenvalue weighted by molar-refractivity contribution is 6.02. The minimum Gasteiger partial charge on any atom is -0.382 e. The molecule has 1 heterocycles. The molecule has 0 spiro atoms. The molecule has 0 aliphatic rings. The monoisotopic (exact) mass is 314 g/mol. The smallest absolute Gasteiger partial charge is 0.251 e. The molecule has 0 saturated heterocycles. The second-order valence-corrected chi connectivity index (χ2v) is 5.80. The van der Waals surface area contributed by atoms with Gasteiger partial charge in [0.15, 0.2) is 0 Å². The predicted octanol–water partition coefficient (Wildman–Crippen LogP) is 3.61. The number of amides is 1. The molecule has 0 bridgehead atoms. The number of hydrogen-bond donors (Lipinski definition) is 1. The molecule has 1 amide bonds. The summed E-state index contributed by atoms with van der Waals surface area (Å²) in [5.41, 5.74) is 11.5. The fraction of sp³-hybridized carbons (Fsp3) is 0.421. The van der Waals surface area contributed by atoms with Crippen molar-refractivity contribution in [2.24, 2.45) is 5.73 Å². The summed E-state index contributed by atoms with van der Waals surface area (Å²) < 4.78 is 7.60. The van der Waals surface area contributed by atoms with Crippen LogP contribution in [-0.2, 0) is 11.3 Å². The normalized spacial score (nSPS) is 11.0. The summed E-state index contributed by atoms with van der Waals surface area (Å²) in [5.74, 6) is -0.368. The third kappa shape index (κ3) is 3.48. The minimum absolute atomic E-state index is 0.368. The van der Waals surface area contributed by atoms with E-state index in [0.717, 1.165) is 54.3 Å². The van der Waals surface area contributed by atoms with Gasteiger partial charge in [0.1, 0.15) is 0 Å². The lowest BCUT2D eigenvalue weighted by Crippen LogP contribution is -2.14. The number of aromatic nitrogens is 1. The number of nitrogens with two attached hydrogens (primary N) is 1. The van der Waals surface area contributed by atoms with Gasteiger partial charge in [-0.2, -0.15) is 0 Å². The van der Waals surface area contributed by atoms with Gasteiger partial charge in [-0.3, -0.25) is 4.79 Å². The number of primary amides is 1. The average Bonchev–Trinajstić information content (AvgIpc) is 2.76. The van der Waals surface area contributed by atoms with Crippen molar-refractivity contribution in [2.45, 2.75) is 40.7 Å². The Morgan fingerprint density at radius 2 is 1.87 bits per heavy atom. The second kappa shape index (κ2) is 7.47. The third-order valence-corrected chi connectivity index (χ3v) is 4.32. The van der Waals surface area contributed by atoms with Crippen LogP contribution in [0.3, 0.4) is 0 Å². The molecule has 0 aliphatic heterocycles. The van der Waals surface area contributed by atoms with Crippen molar-refractivity contribution >= 4 is 5.91 Å². The Kier molecular flexibility index (Phi) is 5.61. The number of benzene rings is 1. The number of hydrogen-bond acceptors (Lipinski definition) is 2. The molecule has 1 aromatic heterocycles. The molecule has 2 N–H and O–H groups in total. The molecular formula is C19H26N2O2. The Morgan fingerprint density at radius 3 is 2.48 bits per heavy atom. The maximum Gasteiger partial charge on any atom is 0.251 e. The van der Waals surface area contributed by atoms with Gasteiger partial charge in [-0.05, 0) is 45.2 Å². The van der Waals surface area contributed by atoms with Gasteiger partial charge in [-0.25, -0.2) is 0 Å². The first-order chi connectivity index (χ1) is 11.0. The summed E-state index contributed by atoms with van der Waals surface area (Å²) in [6.45, 7) is 10.3. The Balaban J connectivity index is 2.50. The molecule has 124 valence electrons. The van der Waals surface area contributed by atoms with E-state index in [0.29, 0.717) is 5.56 Å². The van der Waals surface area contributed by atoms with Crippen LogP contribution >= 0.6 is 0 Å². The van der Waals surface area contributed by atoms with E-state index in [1.165, 1.54) is 0 Å². The van der Waals surface area contributed by atoms with E-state index >= 15 is 0 Å². The molecule has 4 heteroatoms. The van der Waals surface area contributed by atoms with Crippen molar-refractivity contribution in [1.82, 2.24) is 4.57 Å². The number of carbonyl (C=O) groups excluding carboxylic acids is 1. The Morgan fingerprint density at radius 1 is 1.17 bits per heavy atom. The molecule has 0 atom stereocenters. The fourth-order valence-corrected chi connectivity index (χ4v) is 3.17. The molecule has 1 aromatic carbocycles. The lowest BCUT2D eigenvalue weighted by molar-refractivity contribution is 0.1000. The summed E-state index contributed by atoms with van der Waals surface area (Å²) >= 11 is 0. The lowest BCUT2D eigenvalue weighted by Gasteiger charge is -2.10. The average molecular weight is 314 g/mol. The zero-order chi connectivity index (χ0) is 17.0. The first-order valence-electron chi connectivity index (χ1n) is 8.12. The first-order valence-corrected chi connectivity index (χ1v) is 8.12. The summed E-state index contributed by atoms with van der Waals surface area (Å²) in [6.07, 6.45) is 0.912. The summed E-state index contributed by atoms with van der Waals surface area (Å²) in [6, 6.07) is 8.10. The molecule has 0 fully saturated rings. The molecule has 2 aromatic rings. The molecule has 23 heavy (non-hydrogen) atoms. The zero-order valence-electron chi connectivity index (χ0n) is 14.5. The highest BCUT2D eigenvalue weighted by Gasteiger charge is 2.23. The Hall–Kier alpha value is -2.07. The molecule has 0 radical (unpaired) electrons. The predicted molar refractivity (Wildman–Crippen MR) is 93.7 cm³/mol. The quantitative estimate of drug-likeness (QED) is 0.794. The van der Waals surface area contributed by atoms with E-state index in [4.69, 9.17) is 10.5 Å². The van der Waals surface area contributed by atoms with Crippen molar-refractivity contribution in [3.05, 3.63) is 46.8 Å². The van der Waals surface area contributed by atoms with Crippen LogP contribution in [-0.4, -0.2) is 23.7 Å². The minimum atomic E-state index is -0.368. The fourth-order valence-electron chi connectivity index (χ4n) is 3.17. The second-order valence-electron chi connectivity index (χ2n) is 5.80. The highest BCUT2D eigenvalue weighted by Crippen LogP contribution is 2.34. The highest BCUT2D eigenvalue weighted by atomic mass is 16.5. The van der Waals surface area contributed by atoms with Crippen LogP contribution in [0.2, 0.25) is 0 Å². The van der Waals surface area contributed by atoms with Gasteiger partial charge in [-0.1, -0.05) is 24.3 Å². The van der Waals surface area contributed by atoms with Crippen molar-refractivity contribution in [2.75, 3.05) is 13.2 Å². The van der Waals surface area contributed by atoms with E-state index in [-0.39, 0.29) is 5.91 Å². The van der Waals surface area contributed by atoms with Crippen molar-refractivity contribution in [3.8, 4) is 11.1 Å². The maximum absolute atomic E-state index is 12.1. The van der Waals surface area contributed by atoms with E-state index < -0.39 is 0 Å². The lowest BCUT2D eigenvalue weighted by atomic mass is 9.96. The first kappa shape index (κ1) is 17.3. The van der Waals surface area contributed by atoms with Crippen LogP contribution in [0.25, 0.3) is 11.1 Å². The van der Waals surface area contributed by atoms with Gasteiger partial charge >= 0.3 is 0 Å². The maximum atomic E-state index is 12.1. The van der Waals surface area contributed by atoms with Crippen LogP contribution in [0.15, 0.2) is 24.3 Å². The number of carbonyl (C=O) groups is 1. The summed E-state index contributed by atoms with van der Waals surface area (Å²) in [4.78, 5) is 12.1. The number of nitrogens with zero attached hydrogens (tertiary/aromatic N) is 1. The van der Waals surface area contributed by atoms with Crippen molar-refractivity contribution in [3.63, 3.8) is 0 Å². The van der Waals surface area contributed by atoms with Gasteiger partial charge in [-0.15, -0.1) is 0 Å². The van der Waals surface area contributed by atoms with E-state index in [9.17, 15) is 4.79 Å². The SMILES string of the molecule is CCOCCCn1c(C)c(C(N)=O)c(-c2ccccc2C)c1C. The molecule has 4 nitrogen and oxygen atoms in total. The third-order valence-electron chi connectivity index (χ3n) is 4.32. The van der Waals surface area contributed by atoms with Crippen LogP contribution in [0.1, 0.15) is 40.7 Å². The van der Waals surface area contributed by atoms with Gasteiger partial charge < -0.3 is 15.0 Å². The Labute approximate surface area is 138 Å². The topological polar surface area (TPSA) is 57.2 Å². The molecule has 0 saturated carbocycles. The number of ether oxygens (including phenoxy) is 1. The molecular weight excluding hydrogens is 288 g/mol. The summed E-state index contributed by atoms with van der Waals surface area (Å²) in [5, 5.41) is 0. The number of aryl methyl sites for hydroxylation is 1. The van der Waals surface area contributed by atoms with Gasteiger partial charge in [0.25, 0.3) is 5.91 Å². The van der Waals surface area contributed by atoms with Gasteiger partial charge in [0.05, 0.1) is 5.56 Å². The zero-order valence-corrected chi connectivity index (χ0v) is 14.5. The van der Waals surface area contributed by atoms with Crippen LogP contribution < -0.4 is 5.73 Å². The summed E-state index contributed by atoms with van der Waals surface area (Å²) in [7, 11) is 0. The Bertz CT molecular complexity index is 702.